The molecule has 1 N–H and O–H groups in total. The van der Waals surface area contributed by atoms with Crippen molar-refractivity contribution in [2.45, 2.75) is 39.0 Å². The van der Waals surface area contributed by atoms with E-state index >= 15 is 0 Å². The minimum atomic E-state index is -0.172. The van der Waals surface area contributed by atoms with Crippen LogP contribution in [0.25, 0.3) is 0 Å². The predicted molar refractivity (Wildman–Crippen MR) is 105 cm³/mol. The van der Waals surface area contributed by atoms with Crippen LogP contribution < -0.4 is 5.32 Å². The number of carbonyl (C=O) groups excluding carboxylic acids is 2. The van der Waals surface area contributed by atoms with Crippen LogP contribution in [0.5, 0.6) is 0 Å². The summed E-state index contributed by atoms with van der Waals surface area (Å²) in [5, 5.41) is 2.88. The lowest BCUT2D eigenvalue weighted by molar-refractivity contribution is -0.134. The zero-order chi connectivity index (χ0) is 18.2. The fraction of sp³-hybridized carbons (Fsp3) is 0.579. The Morgan fingerprint density at radius 3 is 2.44 bits per heavy atom. The maximum absolute atomic E-state index is 12.4. The van der Waals surface area contributed by atoms with Gasteiger partial charge in [-0.3, -0.25) is 14.5 Å². The number of hydrogen-bond donors (Lipinski definition) is 1. The average Bonchev–Trinajstić information content (AvgIpc) is 2.52. The molecule has 6 heteroatoms. The van der Waals surface area contributed by atoms with Crippen LogP contribution in [-0.4, -0.2) is 54.8 Å². The van der Waals surface area contributed by atoms with Gasteiger partial charge in [0, 0.05) is 17.2 Å². The van der Waals surface area contributed by atoms with Crippen LogP contribution in [0.15, 0.2) is 22.7 Å². The molecule has 0 unspecified atom stereocenters. The van der Waals surface area contributed by atoms with E-state index in [0.717, 1.165) is 41.7 Å². The summed E-state index contributed by atoms with van der Waals surface area (Å²) >= 11 is 3.41. The van der Waals surface area contributed by atoms with Gasteiger partial charge in [-0.1, -0.05) is 35.2 Å². The molecule has 0 saturated carbocycles. The lowest BCUT2D eigenvalue weighted by atomic mass is 10.1. The zero-order valence-corrected chi connectivity index (χ0v) is 16.8. The highest BCUT2D eigenvalue weighted by molar-refractivity contribution is 9.10. The van der Waals surface area contributed by atoms with E-state index in [0.29, 0.717) is 6.54 Å². The van der Waals surface area contributed by atoms with Crippen molar-refractivity contribution in [1.29, 1.82) is 0 Å². The molecule has 1 heterocycles. The summed E-state index contributed by atoms with van der Waals surface area (Å²) < 4.78 is 0.976. The molecule has 0 radical (unpaired) electrons. The molecule has 138 valence electrons. The molecular weight excluding hydrogens is 382 g/mol. The van der Waals surface area contributed by atoms with Crippen molar-refractivity contribution in [3.05, 3.63) is 28.2 Å². The Labute approximate surface area is 158 Å². The molecule has 1 fully saturated rings. The van der Waals surface area contributed by atoms with Crippen molar-refractivity contribution in [2.75, 3.05) is 38.5 Å². The number of rotatable bonds is 5. The van der Waals surface area contributed by atoms with Crippen LogP contribution in [0.1, 0.15) is 37.7 Å². The number of aryl methyl sites for hydroxylation is 1. The van der Waals surface area contributed by atoms with Crippen LogP contribution in [0.3, 0.4) is 0 Å². The molecule has 1 saturated heterocycles. The van der Waals surface area contributed by atoms with Crippen molar-refractivity contribution in [3.8, 4) is 0 Å². The summed E-state index contributed by atoms with van der Waals surface area (Å²) in [6.07, 6.45) is 6.10. The first-order chi connectivity index (χ1) is 12.0. The van der Waals surface area contributed by atoms with Crippen molar-refractivity contribution >= 4 is 33.4 Å². The Morgan fingerprint density at radius 1 is 1.16 bits per heavy atom. The highest BCUT2D eigenvalue weighted by Crippen LogP contribution is 2.20. The second-order valence-electron chi connectivity index (χ2n) is 6.80. The maximum atomic E-state index is 12.4. The van der Waals surface area contributed by atoms with E-state index in [-0.39, 0.29) is 18.4 Å². The average molecular weight is 410 g/mol. The van der Waals surface area contributed by atoms with E-state index in [4.69, 9.17) is 0 Å². The second kappa shape index (κ2) is 9.92. The van der Waals surface area contributed by atoms with E-state index in [9.17, 15) is 9.59 Å². The largest absolute Gasteiger partial charge is 0.335 e. The van der Waals surface area contributed by atoms with E-state index in [2.05, 4.69) is 26.1 Å². The van der Waals surface area contributed by atoms with Gasteiger partial charge in [0.15, 0.2) is 0 Å². The molecule has 0 atom stereocenters. The fourth-order valence-electron chi connectivity index (χ4n) is 3.04. The molecule has 1 aromatic carbocycles. The SMILES string of the molecule is Cc1cc(Br)ccc1NC(=O)CN(C)C(=O)CN1CCCCCCC1. The van der Waals surface area contributed by atoms with Gasteiger partial charge >= 0.3 is 0 Å². The Balaban J connectivity index is 1.81. The van der Waals surface area contributed by atoms with Crippen LogP contribution in [0, 0.1) is 6.92 Å². The predicted octanol–water partition coefficient (Wildman–Crippen LogP) is 3.42. The molecule has 5 nitrogen and oxygen atoms in total. The van der Waals surface area contributed by atoms with Crippen molar-refractivity contribution < 1.29 is 9.59 Å². The van der Waals surface area contributed by atoms with E-state index in [1.54, 1.807) is 7.05 Å². The molecule has 0 spiro atoms. The molecule has 25 heavy (non-hydrogen) atoms. The van der Waals surface area contributed by atoms with E-state index in [1.165, 1.54) is 24.2 Å². The molecule has 1 aliphatic rings. The first kappa shape index (κ1) is 19.9. The van der Waals surface area contributed by atoms with Crippen LogP contribution in [0.2, 0.25) is 0 Å². The van der Waals surface area contributed by atoms with Crippen molar-refractivity contribution in [3.63, 3.8) is 0 Å². The minimum absolute atomic E-state index is 0.00301. The highest BCUT2D eigenvalue weighted by atomic mass is 79.9. The smallest absolute Gasteiger partial charge is 0.243 e. The van der Waals surface area contributed by atoms with E-state index < -0.39 is 0 Å². The maximum Gasteiger partial charge on any atom is 0.243 e. The number of nitrogens with zero attached hydrogens (tertiary/aromatic N) is 2. The van der Waals surface area contributed by atoms with Gasteiger partial charge in [0.25, 0.3) is 0 Å². The van der Waals surface area contributed by atoms with Gasteiger partial charge in [0.2, 0.25) is 11.8 Å². The number of likely N-dealkylation sites (N-methyl/N-ethyl adjacent to an activating group) is 1. The molecule has 0 aromatic heterocycles. The Kier molecular flexibility index (Phi) is 7.90. The first-order valence-electron chi connectivity index (χ1n) is 8.98. The van der Waals surface area contributed by atoms with Gasteiger partial charge in [-0.2, -0.15) is 0 Å². The lowest BCUT2D eigenvalue weighted by Gasteiger charge is -2.26. The quantitative estimate of drug-likeness (QED) is 0.810. The van der Waals surface area contributed by atoms with Gasteiger partial charge in [-0.15, -0.1) is 0 Å². The molecule has 1 aliphatic heterocycles. The van der Waals surface area contributed by atoms with E-state index in [1.807, 2.05) is 25.1 Å². The Hall–Kier alpha value is -1.40. The first-order valence-corrected chi connectivity index (χ1v) is 9.77. The Morgan fingerprint density at radius 2 is 1.80 bits per heavy atom. The van der Waals surface area contributed by atoms with Crippen LogP contribution >= 0.6 is 15.9 Å². The summed E-state index contributed by atoms with van der Waals surface area (Å²) in [5.41, 5.74) is 1.76. The molecule has 2 rings (SSSR count). The second-order valence-corrected chi connectivity index (χ2v) is 7.72. The number of hydrogen-bond acceptors (Lipinski definition) is 3. The third kappa shape index (κ3) is 6.78. The number of benzene rings is 1. The zero-order valence-electron chi connectivity index (χ0n) is 15.2. The van der Waals surface area contributed by atoms with Gasteiger partial charge < -0.3 is 10.2 Å². The molecule has 1 aromatic rings. The standard InChI is InChI=1S/C19H28BrN3O2/c1-15-12-16(20)8-9-17(15)21-18(24)13-22(2)19(25)14-23-10-6-4-3-5-7-11-23/h8-9,12H,3-7,10-11,13-14H2,1-2H3,(H,21,24). The number of carbonyl (C=O) groups is 2. The number of anilines is 1. The lowest BCUT2D eigenvalue weighted by Crippen LogP contribution is -2.42. The topological polar surface area (TPSA) is 52.7 Å². The van der Waals surface area contributed by atoms with Gasteiger partial charge in [0.05, 0.1) is 13.1 Å². The van der Waals surface area contributed by atoms with Crippen LogP contribution in [-0.2, 0) is 9.59 Å². The monoisotopic (exact) mass is 409 g/mol. The summed E-state index contributed by atoms with van der Waals surface area (Å²) in [7, 11) is 1.69. The summed E-state index contributed by atoms with van der Waals surface area (Å²) in [6.45, 7) is 4.37. The molecule has 0 aliphatic carbocycles. The number of amides is 2. The summed E-state index contributed by atoms with van der Waals surface area (Å²) in [4.78, 5) is 28.4. The number of halogens is 1. The fourth-order valence-corrected chi connectivity index (χ4v) is 3.52. The van der Waals surface area contributed by atoms with Crippen molar-refractivity contribution in [2.24, 2.45) is 0 Å². The molecule has 0 bridgehead atoms. The van der Waals surface area contributed by atoms with Crippen molar-refractivity contribution in [1.82, 2.24) is 9.80 Å². The van der Waals surface area contributed by atoms with Gasteiger partial charge in [-0.25, -0.2) is 0 Å². The Bertz CT molecular complexity index is 598. The normalized spacial score (nSPS) is 16.0. The van der Waals surface area contributed by atoms with Gasteiger partial charge in [0.1, 0.15) is 0 Å². The third-order valence-corrected chi connectivity index (χ3v) is 5.07. The van der Waals surface area contributed by atoms with Crippen LogP contribution in [0.4, 0.5) is 5.69 Å². The third-order valence-electron chi connectivity index (χ3n) is 4.58. The molecule has 2 amide bonds. The summed E-state index contributed by atoms with van der Waals surface area (Å²) in [5.74, 6) is -0.169. The minimum Gasteiger partial charge on any atom is -0.335 e. The molecular formula is C19H28BrN3O2. The highest BCUT2D eigenvalue weighted by Gasteiger charge is 2.17. The number of likely N-dealkylation sites (tertiary alicyclic amines) is 1. The number of nitrogens with one attached hydrogen (secondary N) is 1. The summed E-state index contributed by atoms with van der Waals surface area (Å²) in [6, 6.07) is 5.70. The van der Waals surface area contributed by atoms with Gasteiger partial charge in [-0.05, 0) is 56.6 Å².